The second-order valence-corrected chi connectivity index (χ2v) is 3.72. The van der Waals surface area contributed by atoms with E-state index in [1.54, 1.807) is 0 Å². The Morgan fingerprint density at radius 2 is 2.29 bits per heavy atom. The highest BCUT2D eigenvalue weighted by Gasteiger charge is 2.25. The molecule has 2 unspecified atom stereocenters. The molecule has 0 amide bonds. The summed E-state index contributed by atoms with van der Waals surface area (Å²) in [5, 5.41) is 12.4. The lowest BCUT2D eigenvalue weighted by Crippen LogP contribution is -2.41. The molecule has 1 aromatic carbocycles. The normalized spacial score (nSPS) is 24.8. The summed E-state index contributed by atoms with van der Waals surface area (Å²) in [5.74, 6) is 0.835. The number of hydrogen-bond acceptors (Lipinski definition) is 3. The highest BCUT2D eigenvalue weighted by Crippen LogP contribution is 2.33. The van der Waals surface area contributed by atoms with Gasteiger partial charge < -0.3 is 15.2 Å². The van der Waals surface area contributed by atoms with Crippen LogP contribution in [0, 0.1) is 6.92 Å². The second-order valence-electron chi connectivity index (χ2n) is 3.72. The van der Waals surface area contributed by atoms with Crippen LogP contribution < -0.4 is 10.1 Å². The number of aliphatic hydroxyl groups is 1. The van der Waals surface area contributed by atoms with Crippen molar-refractivity contribution in [3.63, 3.8) is 0 Å². The fraction of sp³-hybridized carbons (Fsp3) is 0.455. The molecule has 1 aromatic rings. The monoisotopic (exact) mass is 193 g/mol. The SMILES string of the molecule is Cc1cccc2c1NC(C)C(CO)O2. The first-order chi connectivity index (χ1) is 6.72. The molecule has 76 valence electrons. The van der Waals surface area contributed by atoms with Crippen LogP contribution in [0.4, 0.5) is 5.69 Å². The molecule has 1 heterocycles. The van der Waals surface area contributed by atoms with Crippen LogP contribution in [-0.4, -0.2) is 23.9 Å². The smallest absolute Gasteiger partial charge is 0.143 e. The zero-order chi connectivity index (χ0) is 10.1. The fourth-order valence-corrected chi connectivity index (χ4v) is 1.71. The average molecular weight is 193 g/mol. The van der Waals surface area contributed by atoms with Gasteiger partial charge in [-0.25, -0.2) is 0 Å². The number of aryl methyl sites for hydroxylation is 1. The number of aliphatic hydroxyl groups excluding tert-OH is 1. The summed E-state index contributed by atoms with van der Waals surface area (Å²) in [6.07, 6.45) is -0.149. The molecule has 2 N–H and O–H groups in total. The third kappa shape index (κ3) is 1.44. The van der Waals surface area contributed by atoms with Gasteiger partial charge >= 0.3 is 0 Å². The molecule has 3 nitrogen and oxygen atoms in total. The van der Waals surface area contributed by atoms with Crippen LogP contribution in [0.1, 0.15) is 12.5 Å². The molecule has 0 saturated heterocycles. The van der Waals surface area contributed by atoms with E-state index >= 15 is 0 Å². The largest absolute Gasteiger partial charge is 0.484 e. The Labute approximate surface area is 83.7 Å². The Hall–Kier alpha value is -1.22. The first-order valence-corrected chi connectivity index (χ1v) is 4.86. The van der Waals surface area contributed by atoms with Crippen LogP contribution in [0.2, 0.25) is 0 Å². The number of fused-ring (bicyclic) bond motifs is 1. The van der Waals surface area contributed by atoms with E-state index in [-0.39, 0.29) is 18.8 Å². The molecule has 0 aliphatic carbocycles. The summed E-state index contributed by atoms with van der Waals surface area (Å²) in [5.41, 5.74) is 2.22. The average Bonchev–Trinajstić information content (AvgIpc) is 2.19. The molecule has 14 heavy (non-hydrogen) atoms. The molecular weight excluding hydrogens is 178 g/mol. The summed E-state index contributed by atoms with van der Waals surface area (Å²) in [4.78, 5) is 0. The molecule has 0 bridgehead atoms. The number of anilines is 1. The van der Waals surface area contributed by atoms with Gasteiger partial charge in [-0.3, -0.25) is 0 Å². The minimum Gasteiger partial charge on any atom is -0.484 e. The third-order valence-corrected chi connectivity index (χ3v) is 2.62. The highest BCUT2D eigenvalue weighted by atomic mass is 16.5. The summed E-state index contributed by atoms with van der Waals surface area (Å²) in [6, 6.07) is 6.07. The molecule has 1 aliphatic rings. The van der Waals surface area contributed by atoms with E-state index < -0.39 is 0 Å². The van der Waals surface area contributed by atoms with E-state index in [4.69, 9.17) is 9.84 Å². The molecule has 1 aliphatic heterocycles. The maximum atomic E-state index is 9.09. The number of rotatable bonds is 1. The van der Waals surface area contributed by atoms with E-state index in [9.17, 15) is 0 Å². The first-order valence-electron chi connectivity index (χ1n) is 4.86. The Balaban J connectivity index is 2.35. The third-order valence-electron chi connectivity index (χ3n) is 2.62. The topological polar surface area (TPSA) is 41.5 Å². The van der Waals surface area contributed by atoms with E-state index in [1.165, 1.54) is 5.56 Å². The van der Waals surface area contributed by atoms with Gasteiger partial charge in [-0.1, -0.05) is 12.1 Å². The second kappa shape index (κ2) is 3.50. The van der Waals surface area contributed by atoms with Crippen LogP contribution in [0.3, 0.4) is 0 Å². The molecule has 0 fully saturated rings. The van der Waals surface area contributed by atoms with Crippen molar-refractivity contribution in [2.75, 3.05) is 11.9 Å². The van der Waals surface area contributed by atoms with Crippen LogP contribution in [0.25, 0.3) is 0 Å². The summed E-state index contributed by atoms with van der Waals surface area (Å²) < 4.78 is 5.66. The Morgan fingerprint density at radius 1 is 1.50 bits per heavy atom. The van der Waals surface area contributed by atoms with Crippen LogP contribution in [0.5, 0.6) is 5.75 Å². The van der Waals surface area contributed by atoms with Crippen molar-refractivity contribution in [3.8, 4) is 5.75 Å². The molecule has 2 atom stereocenters. The molecule has 0 spiro atoms. The minimum atomic E-state index is -0.149. The van der Waals surface area contributed by atoms with Gasteiger partial charge in [0, 0.05) is 0 Å². The van der Waals surface area contributed by atoms with E-state index in [2.05, 4.69) is 5.32 Å². The van der Waals surface area contributed by atoms with Gasteiger partial charge in [0.25, 0.3) is 0 Å². The van der Waals surface area contributed by atoms with Crippen molar-refractivity contribution < 1.29 is 9.84 Å². The first kappa shape index (κ1) is 9.34. The predicted octanol–water partition coefficient (Wildman–Crippen LogP) is 1.55. The van der Waals surface area contributed by atoms with Crippen molar-refractivity contribution in [1.29, 1.82) is 0 Å². The van der Waals surface area contributed by atoms with Crippen LogP contribution in [0.15, 0.2) is 18.2 Å². The fourth-order valence-electron chi connectivity index (χ4n) is 1.71. The maximum Gasteiger partial charge on any atom is 0.143 e. The van der Waals surface area contributed by atoms with Crippen LogP contribution in [-0.2, 0) is 0 Å². The Kier molecular flexibility index (Phi) is 2.33. The molecule has 3 heteroatoms. The van der Waals surface area contributed by atoms with Crippen LogP contribution >= 0.6 is 0 Å². The predicted molar refractivity (Wildman–Crippen MR) is 55.8 cm³/mol. The minimum absolute atomic E-state index is 0.0432. The highest BCUT2D eigenvalue weighted by molar-refractivity contribution is 5.63. The zero-order valence-electron chi connectivity index (χ0n) is 8.45. The summed E-state index contributed by atoms with van der Waals surface area (Å²) >= 11 is 0. The number of ether oxygens (including phenoxy) is 1. The van der Waals surface area contributed by atoms with Gasteiger partial charge in [-0.2, -0.15) is 0 Å². The molecule has 2 rings (SSSR count). The van der Waals surface area contributed by atoms with Gasteiger partial charge in [0.05, 0.1) is 18.3 Å². The quantitative estimate of drug-likeness (QED) is 0.711. The van der Waals surface area contributed by atoms with Crippen molar-refractivity contribution >= 4 is 5.69 Å². The number of hydrogen-bond donors (Lipinski definition) is 2. The van der Waals surface area contributed by atoms with Gasteiger partial charge in [-0.15, -0.1) is 0 Å². The lowest BCUT2D eigenvalue weighted by molar-refractivity contribution is 0.0977. The van der Waals surface area contributed by atoms with E-state index in [1.807, 2.05) is 32.0 Å². The number of nitrogens with one attached hydrogen (secondary N) is 1. The maximum absolute atomic E-state index is 9.09. The lowest BCUT2D eigenvalue weighted by Gasteiger charge is -2.32. The van der Waals surface area contributed by atoms with Gasteiger partial charge in [-0.05, 0) is 25.5 Å². The summed E-state index contributed by atoms with van der Waals surface area (Å²) in [6.45, 7) is 4.10. The molecular formula is C11H15NO2. The van der Waals surface area contributed by atoms with Crippen molar-refractivity contribution in [1.82, 2.24) is 0 Å². The van der Waals surface area contributed by atoms with Crippen molar-refractivity contribution in [3.05, 3.63) is 23.8 Å². The van der Waals surface area contributed by atoms with E-state index in [0.717, 1.165) is 11.4 Å². The van der Waals surface area contributed by atoms with Crippen molar-refractivity contribution in [2.24, 2.45) is 0 Å². The lowest BCUT2D eigenvalue weighted by atomic mass is 10.1. The molecule has 0 saturated carbocycles. The standard InChI is InChI=1S/C11H15NO2/c1-7-4-3-5-9-11(7)12-8(2)10(6-13)14-9/h3-5,8,10,12-13H,6H2,1-2H3. The zero-order valence-corrected chi connectivity index (χ0v) is 8.45. The van der Waals surface area contributed by atoms with Gasteiger partial charge in [0.15, 0.2) is 0 Å². The van der Waals surface area contributed by atoms with E-state index in [0.29, 0.717) is 0 Å². The molecule has 0 aromatic heterocycles. The Bertz CT molecular complexity index is 338. The number of benzene rings is 1. The molecule has 0 radical (unpaired) electrons. The van der Waals surface area contributed by atoms with Crippen molar-refractivity contribution in [2.45, 2.75) is 26.0 Å². The number of para-hydroxylation sites is 1. The van der Waals surface area contributed by atoms with Gasteiger partial charge in [0.2, 0.25) is 0 Å². The van der Waals surface area contributed by atoms with Gasteiger partial charge in [0.1, 0.15) is 11.9 Å². The Morgan fingerprint density at radius 3 is 3.00 bits per heavy atom. The summed E-state index contributed by atoms with van der Waals surface area (Å²) in [7, 11) is 0.